The third-order valence-corrected chi connectivity index (χ3v) is 3.15. The van der Waals surface area contributed by atoms with E-state index in [0.29, 0.717) is 17.5 Å². The zero-order chi connectivity index (χ0) is 15.7. The number of ether oxygens (including phenoxy) is 1. The van der Waals surface area contributed by atoms with Crippen molar-refractivity contribution in [3.63, 3.8) is 0 Å². The number of carboxylic acids is 1. The lowest BCUT2D eigenvalue weighted by Gasteiger charge is -2.23. The van der Waals surface area contributed by atoms with Gasteiger partial charge in [0.05, 0.1) is 6.42 Å². The first kappa shape index (κ1) is 17.9. The molecule has 0 spiro atoms. The number of halogens is 2. The molecular formula is C14H20Cl2N2O3. The summed E-state index contributed by atoms with van der Waals surface area (Å²) in [5.74, 6) is 0.772. The summed E-state index contributed by atoms with van der Waals surface area (Å²) in [7, 11) is 0. The van der Waals surface area contributed by atoms with Crippen LogP contribution >= 0.6 is 23.2 Å². The minimum Gasteiger partial charge on any atom is -0.492 e. The van der Waals surface area contributed by atoms with Crippen LogP contribution in [0.15, 0.2) is 24.3 Å². The maximum Gasteiger partial charge on any atom is 0.305 e. The number of hydrogen-bond donors (Lipinski definition) is 2. The van der Waals surface area contributed by atoms with Gasteiger partial charge >= 0.3 is 5.97 Å². The van der Waals surface area contributed by atoms with Gasteiger partial charge in [0.15, 0.2) is 0 Å². The molecule has 118 valence electrons. The van der Waals surface area contributed by atoms with E-state index in [4.69, 9.17) is 38.8 Å². The molecule has 0 aliphatic rings. The molecule has 0 aliphatic heterocycles. The second kappa shape index (κ2) is 9.71. The van der Waals surface area contributed by atoms with Crippen LogP contribution < -0.4 is 15.4 Å². The molecular weight excluding hydrogens is 315 g/mol. The summed E-state index contributed by atoms with van der Waals surface area (Å²) in [5, 5.41) is 8.62. The van der Waals surface area contributed by atoms with Gasteiger partial charge in [0.2, 0.25) is 0 Å². The van der Waals surface area contributed by atoms with Gasteiger partial charge < -0.3 is 20.5 Å². The van der Waals surface area contributed by atoms with Crippen LogP contribution in [0.1, 0.15) is 6.42 Å². The number of nitrogens with two attached hydrogens (primary N) is 1. The van der Waals surface area contributed by atoms with E-state index in [1.807, 2.05) is 24.3 Å². The van der Waals surface area contributed by atoms with E-state index >= 15 is 0 Å². The van der Waals surface area contributed by atoms with Crippen LogP contribution in [0.5, 0.6) is 5.75 Å². The molecule has 1 rings (SSSR count). The Kier molecular flexibility index (Phi) is 8.27. The van der Waals surface area contributed by atoms with Crippen molar-refractivity contribution in [2.24, 2.45) is 5.73 Å². The first-order chi connectivity index (χ1) is 10.1. The number of benzene rings is 1. The standard InChI is InChI=1S/C14H20Cl2N2O3/c15-5-7-18(8-6-16)12-1-3-13(4-2-12)21-10-11(17)9-14(19)20/h1-4,11H,5-10,17H2,(H,19,20)/t11-/m1/s1. The SMILES string of the molecule is N[C@@H](COc1ccc(N(CCCl)CCCl)cc1)CC(=O)O. The fourth-order valence-corrected chi connectivity index (χ4v) is 2.22. The molecule has 1 atom stereocenters. The van der Waals surface area contributed by atoms with Crippen LogP contribution in [-0.4, -0.2) is 48.6 Å². The first-order valence-corrected chi connectivity index (χ1v) is 7.70. The number of nitrogens with zero attached hydrogens (tertiary/aromatic N) is 1. The van der Waals surface area contributed by atoms with Gasteiger partial charge in [0.1, 0.15) is 12.4 Å². The van der Waals surface area contributed by atoms with Gasteiger partial charge in [0.25, 0.3) is 0 Å². The topological polar surface area (TPSA) is 75.8 Å². The van der Waals surface area contributed by atoms with Gasteiger partial charge in [-0.05, 0) is 24.3 Å². The normalized spacial score (nSPS) is 12.0. The maximum atomic E-state index is 10.5. The average Bonchev–Trinajstić information content (AvgIpc) is 2.45. The molecule has 0 saturated carbocycles. The number of carbonyl (C=O) groups is 1. The molecule has 1 aromatic carbocycles. The molecule has 5 nitrogen and oxygen atoms in total. The molecule has 0 fully saturated rings. The molecule has 0 bridgehead atoms. The third kappa shape index (κ3) is 6.89. The smallest absolute Gasteiger partial charge is 0.305 e. The van der Waals surface area contributed by atoms with E-state index in [-0.39, 0.29) is 13.0 Å². The Labute approximate surface area is 134 Å². The summed E-state index contributed by atoms with van der Waals surface area (Å²) in [6, 6.07) is 6.94. The Morgan fingerprint density at radius 2 is 1.81 bits per heavy atom. The van der Waals surface area contributed by atoms with E-state index in [2.05, 4.69) is 4.90 Å². The van der Waals surface area contributed by atoms with Crippen LogP contribution in [0.25, 0.3) is 0 Å². The second-order valence-electron chi connectivity index (χ2n) is 4.53. The van der Waals surface area contributed by atoms with Crippen molar-refractivity contribution < 1.29 is 14.6 Å². The molecule has 0 saturated heterocycles. The van der Waals surface area contributed by atoms with Crippen LogP contribution in [0.3, 0.4) is 0 Å². The number of hydrogen-bond acceptors (Lipinski definition) is 4. The Morgan fingerprint density at radius 1 is 1.24 bits per heavy atom. The summed E-state index contributed by atoms with van der Waals surface area (Å²) in [6.45, 7) is 1.61. The van der Waals surface area contributed by atoms with Crippen molar-refractivity contribution in [2.75, 3.05) is 36.4 Å². The number of anilines is 1. The predicted octanol–water partition coefficient (Wildman–Crippen LogP) is 2.15. The van der Waals surface area contributed by atoms with Gasteiger partial charge in [0, 0.05) is 36.6 Å². The molecule has 0 radical (unpaired) electrons. The summed E-state index contributed by atoms with van der Waals surface area (Å²) < 4.78 is 5.46. The second-order valence-corrected chi connectivity index (χ2v) is 5.28. The summed E-state index contributed by atoms with van der Waals surface area (Å²) in [6.07, 6.45) is -0.114. The molecule has 0 unspecified atom stereocenters. The zero-order valence-corrected chi connectivity index (χ0v) is 13.2. The van der Waals surface area contributed by atoms with Crippen molar-refractivity contribution >= 4 is 34.9 Å². The van der Waals surface area contributed by atoms with E-state index in [9.17, 15) is 4.79 Å². The Morgan fingerprint density at radius 3 is 2.29 bits per heavy atom. The number of rotatable bonds is 10. The van der Waals surface area contributed by atoms with E-state index in [1.54, 1.807) is 0 Å². The van der Waals surface area contributed by atoms with Crippen LogP contribution in [0.2, 0.25) is 0 Å². The van der Waals surface area contributed by atoms with Crippen molar-refractivity contribution in [3.05, 3.63) is 24.3 Å². The molecule has 0 aliphatic carbocycles. The first-order valence-electron chi connectivity index (χ1n) is 6.64. The molecule has 21 heavy (non-hydrogen) atoms. The minimum absolute atomic E-state index is 0.114. The highest BCUT2D eigenvalue weighted by molar-refractivity contribution is 6.18. The highest BCUT2D eigenvalue weighted by atomic mass is 35.5. The van der Waals surface area contributed by atoms with Crippen molar-refractivity contribution in [2.45, 2.75) is 12.5 Å². The predicted molar refractivity (Wildman–Crippen MR) is 85.8 cm³/mol. The largest absolute Gasteiger partial charge is 0.492 e. The Balaban J connectivity index is 2.54. The van der Waals surface area contributed by atoms with E-state index in [1.165, 1.54) is 0 Å². The highest BCUT2D eigenvalue weighted by Gasteiger charge is 2.09. The Hall–Kier alpha value is -1.17. The van der Waals surface area contributed by atoms with Crippen LogP contribution in [0.4, 0.5) is 5.69 Å². The van der Waals surface area contributed by atoms with Gasteiger partial charge in [-0.1, -0.05) is 0 Å². The molecule has 3 N–H and O–H groups in total. The summed E-state index contributed by atoms with van der Waals surface area (Å²) in [5.41, 5.74) is 6.65. The lowest BCUT2D eigenvalue weighted by molar-refractivity contribution is -0.137. The molecule has 7 heteroatoms. The fraction of sp³-hybridized carbons (Fsp3) is 0.500. The van der Waals surface area contributed by atoms with Crippen LogP contribution in [0, 0.1) is 0 Å². The van der Waals surface area contributed by atoms with E-state index < -0.39 is 12.0 Å². The average molecular weight is 335 g/mol. The molecule has 0 heterocycles. The number of alkyl halides is 2. The van der Waals surface area contributed by atoms with Crippen molar-refractivity contribution in [3.8, 4) is 5.75 Å². The van der Waals surface area contributed by atoms with Crippen molar-refractivity contribution in [1.82, 2.24) is 0 Å². The third-order valence-electron chi connectivity index (χ3n) is 2.81. The lowest BCUT2D eigenvalue weighted by atomic mass is 10.2. The molecule has 0 aromatic heterocycles. The number of carboxylic acid groups (broad SMARTS) is 1. The zero-order valence-electron chi connectivity index (χ0n) is 11.7. The summed E-state index contributed by atoms with van der Waals surface area (Å²) >= 11 is 11.5. The van der Waals surface area contributed by atoms with Crippen LogP contribution in [-0.2, 0) is 4.79 Å². The van der Waals surface area contributed by atoms with Crippen molar-refractivity contribution in [1.29, 1.82) is 0 Å². The lowest BCUT2D eigenvalue weighted by Crippen LogP contribution is -2.30. The maximum absolute atomic E-state index is 10.5. The molecule has 1 aromatic rings. The van der Waals surface area contributed by atoms with Gasteiger partial charge in [-0.15, -0.1) is 23.2 Å². The Bertz CT molecular complexity index is 423. The van der Waals surface area contributed by atoms with Gasteiger partial charge in [-0.2, -0.15) is 0 Å². The monoisotopic (exact) mass is 334 g/mol. The van der Waals surface area contributed by atoms with Gasteiger partial charge in [-0.3, -0.25) is 4.79 Å². The number of aliphatic carboxylic acids is 1. The minimum atomic E-state index is -0.931. The van der Waals surface area contributed by atoms with E-state index in [0.717, 1.165) is 18.8 Å². The highest BCUT2D eigenvalue weighted by Crippen LogP contribution is 2.19. The molecule has 0 amide bonds. The quantitative estimate of drug-likeness (QED) is 0.641. The fourth-order valence-electron chi connectivity index (χ4n) is 1.81. The van der Waals surface area contributed by atoms with Gasteiger partial charge in [-0.25, -0.2) is 0 Å². The summed E-state index contributed by atoms with van der Waals surface area (Å²) in [4.78, 5) is 12.6.